The third-order valence-electron chi connectivity index (χ3n) is 5.88. The number of primary sulfonamides is 1. The highest BCUT2D eigenvalue weighted by atomic mass is 35.5. The minimum absolute atomic E-state index is 0.00876. The molecular formula is C27H19Cl2N5O4S2. The molecule has 0 saturated carbocycles. The van der Waals surface area contributed by atoms with Gasteiger partial charge in [0.05, 0.1) is 27.8 Å². The summed E-state index contributed by atoms with van der Waals surface area (Å²) in [5.74, 6) is 0.507. The number of rotatable bonds is 7. The van der Waals surface area contributed by atoms with Crippen molar-refractivity contribution < 1.29 is 17.9 Å². The fraction of sp³-hybridized carbons (Fsp3) is 0.0741. The van der Waals surface area contributed by atoms with Crippen molar-refractivity contribution in [2.45, 2.75) is 10.8 Å². The number of ether oxygens (including phenoxy) is 2. The summed E-state index contributed by atoms with van der Waals surface area (Å²) >= 11 is 13.6. The summed E-state index contributed by atoms with van der Waals surface area (Å²) in [7, 11) is -2.24. The average molecular weight is 613 g/mol. The Balaban J connectivity index is 1.54. The van der Waals surface area contributed by atoms with E-state index in [1.54, 1.807) is 37.4 Å². The van der Waals surface area contributed by atoms with Crippen LogP contribution in [0.25, 0.3) is 0 Å². The summed E-state index contributed by atoms with van der Waals surface area (Å²) < 4.78 is 34.5. The average Bonchev–Trinajstić information content (AvgIpc) is 3.33. The van der Waals surface area contributed by atoms with Crippen LogP contribution in [0.15, 0.2) is 88.1 Å². The van der Waals surface area contributed by atoms with Gasteiger partial charge in [-0.25, -0.2) is 18.5 Å². The van der Waals surface area contributed by atoms with Crippen LogP contribution >= 0.6 is 34.5 Å². The van der Waals surface area contributed by atoms with E-state index >= 15 is 0 Å². The Morgan fingerprint density at radius 1 is 1.15 bits per heavy atom. The van der Waals surface area contributed by atoms with Gasteiger partial charge >= 0.3 is 0 Å². The van der Waals surface area contributed by atoms with Crippen molar-refractivity contribution in [3.8, 4) is 17.7 Å². The maximum absolute atomic E-state index is 11.6. The minimum Gasteiger partial charge on any atom is -0.497 e. The standard InChI is InChI=1S/C27H19Cl2N5O4S2/c1-37-19-8-3-15(4-9-19)23-21(13-30)25(32-14-16-2-5-17(28)12-22(16)29)38-26-24(23)39-27(34-26)33-18-6-10-20(11-7-18)40(31,35)36/h2-12,14,23H,1H3,(H,33,34)(H2,31,35,36)/b32-14+. The number of hydrogen-bond donors (Lipinski definition) is 2. The molecule has 0 bridgehead atoms. The van der Waals surface area contributed by atoms with Gasteiger partial charge in [0, 0.05) is 22.5 Å². The number of thiazole rings is 1. The van der Waals surface area contributed by atoms with Crippen molar-refractivity contribution >= 4 is 61.6 Å². The lowest BCUT2D eigenvalue weighted by Gasteiger charge is -2.22. The molecule has 3 aromatic carbocycles. The van der Waals surface area contributed by atoms with Gasteiger partial charge in [-0.15, -0.1) is 0 Å². The highest BCUT2D eigenvalue weighted by Crippen LogP contribution is 2.48. The number of nitrogens with two attached hydrogens (primary N) is 1. The number of methoxy groups -OCH3 is 1. The molecule has 0 aliphatic carbocycles. The van der Waals surface area contributed by atoms with Crippen molar-refractivity contribution in [3.05, 3.63) is 104 Å². The Hall–Kier alpha value is -3.92. The number of sulfonamides is 1. The zero-order valence-corrected chi connectivity index (χ0v) is 23.8. The minimum atomic E-state index is -3.82. The Morgan fingerprint density at radius 2 is 1.88 bits per heavy atom. The van der Waals surface area contributed by atoms with Gasteiger partial charge in [0.25, 0.3) is 0 Å². The molecule has 40 heavy (non-hydrogen) atoms. The smallest absolute Gasteiger partial charge is 0.238 e. The topological polar surface area (TPSA) is 140 Å². The number of benzene rings is 3. The van der Waals surface area contributed by atoms with Crippen molar-refractivity contribution in [3.63, 3.8) is 0 Å². The summed E-state index contributed by atoms with van der Waals surface area (Å²) in [4.78, 5) is 9.73. The highest BCUT2D eigenvalue weighted by Gasteiger charge is 2.35. The quantitative estimate of drug-likeness (QED) is 0.236. The van der Waals surface area contributed by atoms with Crippen LogP contribution in [0.4, 0.5) is 10.8 Å². The Morgan fingerprint density at radius 3 is 2.50 bits per heavy atom. The van der Waals surface area contributed by atoms with E-state index in [-0.39, 0.29) is 22.2 Å². The Bertz CT molecular complexity index is 1800. The van der Waals surface area contributed by atoms with E-state index in [0.717, 1.165) is 5.56 Å². The Kier molecular flexibility index (Phi) is 7.80. The number of halogens is 2. The van der Waals surface area contributed by atoms with Crippen molar-refractivity contribution in [1.29, 1.82) is 5.26 Å². The fourth-order valence-corrected chi connectivity index (χ4v) is 5.96. The van der Waals surface area contributed by atoms with Crippen molar-refractivity contribution in [2.75, 3.05) is 12.4 Å². The van der Waals surface area contributed by atoms with Gasteiger partial charge in [0.15, 0.2) is 5.13 Å². The first-order chi connectivity index (χ1) is 19.2. The summed E-state index contributed by atoms with van der Waals surface area (Å²) in [5, 5.41) is 19.9. The molecular weight excluding hydrogens is 593 g/mol. The number of hydrogen-bond acceptors (Lipinski definition) is 9. The second kappa shape index (κ2) is 11.3. The lowest BCUT2D eigenvalue weighted by Crippen LogP contribution is -2.14. The number of nitrogens with one attached hydrogen (secondary N) is 1. The largest absolute Gasteiger partial charge is 0.497 e. The van der Waals surface area contributed by atoms with E-state index in [2.05, 4.69) is 21.4 Å². The molecule has 3 N–H and O–H groups in total. The third-order valence-corrected chi connectivity index (χ3v) is 8.39. The third kappa shape index (κ3) is 5.82. The van der Waals surface area contributed by atoms with Gasteiger partial charge in [0.2, 0.25) is 21.8 Å². The number of anilines is 2. The molecule has 0 radical (unpaired) electrons. The van der Waals surface area contributed by atoms with Gasteiger partial charge in [0.1, 0.15) is 17.4 Å². The van der Waals surface area contributed by atoms with E-state index in [0.29, 0.717) is 37.1 Å². The lowest BCUT2D eigenvalue weighted by molar-refractivity contribution is 0.384. The first-order valence-corrected chi connectivity index (χ1v) is 14.6. The second-order valence-corrected chi connectivity index (χ2v) is 11.9. The molecule has 2 heterocycles. The molecule has 1 aromatic heterocycles. The molecule has 9 nitrogen and oxygen atoms in total. The molecule has 1 aliphatic rings. The molecule has 0 spiro atoms. The van der Waals surface area contributed by atoms with Crippen LogP contribution in [0.2, 0.25) is 10.0 Å². The molecule has 1 atom stereocenters. The zero-order chi connectivity index (χ0) is 28.4. The SMILES string of the molecule is COc1ccc(C2C(C#N)=C(/N=C/c3ccc(Cl)cc3Cl)Oc3nc(Nc4ccc(S(N)(=O)=O)cc4)sc32)cc1. The van der Waals surface area contributed by atoms with Gasteiger partial charge in [-0.3, -0.25) is 0 Å². The predicted molar refractivity (Wildman–Crippen MR) is 155 cm³/mol. The van der Waals surface area contributed by atoms with Crippen molar-refractivity contribution in [2.24, 2.45) is 10.1 Å². The van der Waals surface area contributed by atoms with E-state index < -0.39 is 15.9 Å². The molecule has 1 aliphatic heterocycles. The van der Waals surface area contributed by atoms with Crippen LogP contribution in [0.3, 0.4) is 0 Å². The summed E-state index contributed by atoms with van der Waals surface area (Å²) in [6, 6.07) is 20.5. The van der Waals surface area contributed by atoms with Crippen LogP contribution in [-0.4, -0.2) is 26.7 Å². The number of fused-ring (bicyclic) bond motifs is 1. The molecule has 13 heteroatoms. The van der Waals surface area contributed by atoms with Crippen LogP contribution < -0.4 is 19.9 Å². The van der Waals surface area contributed by atoms with E-state index in [1.165, 1.54) is 29.7 Å². The van der Waals surface area contributed by atoms with Gasteiger partial charge in [-0.1, -0.05) is 52.7 Å². The molecule has 4 aromatic rings. The van der Waals surface area contributed by atoms with Crippen LogP contribution in [-0.2, 0) is 10.0 Å². The maximum Gasteiger partial charge on any atom is 0.238 e. The van der Waals surface area contributed by atoms with E-state index in [4.69, 9.17) is 37.8 Å². The number of aliphatic imine (C=N–C) groups is 1. The summed E-state index contributed by atoms with van der Waals surface area (Å²) in [6.45, 7) is 0. The number of nitrogens with zero attached hydrogens (tertiary/aromatic N) is 3. The predicted octanol–water partition coefficient (Wildman–Crippen LogP) is 6.23. The fourth-order valence-electron chi connectivity index (χ4n) is 3.94. The summed E-state index contributed by atoms with van der Waals surface area (Å²) in [6.07, 6.45) is 1.50. The molecule has 1 unspecified atom stereocenters. The Labute approximate surface area is 244 Å². The zero-order valence-electron chi connectivity index (χ0n) is 20.6. The maximum atomic E-state index is 11.6. The monoisotopic (exact) mass is 611 g/mol. The second-order valence-electron chi connectivity index (χ2n) is 8.45. The molecule has 0 amide bonds. The first kappa shape index (κ1) is 27.6. The number of aromatic nitrogens is 1. The normalized spacial score (nSPS) is 14.9. The lowest BCUT2D eigenvalue weighted by atomic mass is 9.89. The van der Waals surface area contributed by atoms with Crippen LogP contribution in [0.5, 0.6) is 11.6 Å². The van der Waals surface area contributed by atoms with E-state index in [1.807, 2.05) is 24.3 Å². The van der Waals surface area contributed by atoms with Gasteiger partial charge in [-0.05, 0) is 54.1 Å². The number of nitriles is 1. The molecule has 202 valence electrons. The van der Waals surface area contributed by atoms with Crippen LogP contribution in [0, 0.1) is 11.3 Å². The van der Waals surface area contributed by atoms with Crippen LogP contribution in [0.1, 0.15) is 21.9 Å². The van der Waals surface area contributed by atoms with Gasteiger partial charge in [-0.2, -0.15) is 10.2 Å². The number of allylic oxidation sites excluding steroid dienone is 1. The first-order valence-electron chi connectivity index (χ1n) is 11.5. The molecule has 0 saturated heterocycles. The molecule has 0 fully saturated rings. The summed E-state index contributed by atoms with van der Waals surface area (Å²) in [5.41, 5.74) is 2.27. The molecule has 5 rings (SSSR count). The van der Waals surface area contributed by atoms with Crippen molar-refractivity contribution in [1.82, 2.24) is 4.98 Å². The van der Waals surface area contributed by atoms with E-state index in [9.17, 15) is 13.7 Å². The van der Waals surface area contributed by atoms with Gasteiger partial charge < -0.3 is 14.8 Å². The highest BCUT2D eigenvalue weighted by molar-refractivity contribution is 7.89.